The Morgan fingerprint density at radius 2 is 1.59 bits per heavy atom. The van der Waals surface area contributed by atoms with Gasteiger partial charge in [-0.2, -0.15) is 0 Å². The molecule has 3 aromatic heterocycles. The highest BCUT2D eigenvalue weighted by atomic mass is 32.2. The number of fused-ring (bicyclic) bond motifs is 1. The van der Waals surface area contributed by atoms with Gasteiger partial charge in [0.1, 0.15) is 11.5 Å². The van der Waals surface area contributed by atoms with Crippen molar-refractivity contribution in [1.29, 1.82) is 0 Å². The van der Waals surface area contributed by atoms with Gasteiger partial charge in [-0.05, 0) is 55.5 Å². The molecule has 2 aromatic carbocycles. The van der Waals surface area contributed by atoms with Crippen LogP contribution in [0.15, 0.2) is 102 Å². The molecule has 7 heteroatoms. The van der Waals surface area contributed by atoms with Crippen LogP contribution in [0.1, 0.15) is 5.56 Å². The molecule has 3 heterocycles. The number of nitrogens with one attached hydrogen (secondary N) is 1. The van der Waals surface area contributed by atoms with Crippen molar-refractivity contribution < 1.29 is 8.42 Å². The van der Waals surface area contributed by atoms with Crippen LogP contribution in [0.3, 0.4) is 0 Å². The molecule has 5 rings (SSSR count). The summed E-state index contributed by atoms with van der Waals surface area (Å²) in [5.41, 5.74) is 4.49. The Bertz CT molecular complexity index is 1510. The standard InChI is InChI=1S/C25H20N4O2S/c1-18-12-14-19(15-13-18)32(30,31)28-21-9-3-2-8-20(21)25-27-24(22-10-4-6-16-26-22)23-11-5-7-17-29(23)25/h2-17,28H,1H3. The fraction of sp³-hybridized carbons (Fsp3) is 0.0400. The molecule has 0 bridgehead atoms. The van der Waals surface area contributed by atoms with E-state index in [0.717, 1.165) is 22.5 Å². The van der Waals surface area contributed by atoms with E-state index in [1.54, 1.807) is 42.6 Å². The minimum Gasteiger partial charge on any atom is -0.299 e. The quantitative estimate of drug-likeness (QED) is 0.409. The molecule has 32 heavy (non-hydrogen) atoms. The van der Waals surface area contributed by atoms with Crippen molar-refractivity contribution in [1.82, 2.24) is 14.4 Å². The molecule has 0 aliphatic carbocycles. The molecule has 0 aliphatic rings. The Morgan fingerprint density at radius 1 is 0.844 bits per heavy atom. The zero-order valence-electron chi connectivity index (χ0n) is 17.3. The van der Waals surface area contributed by atoms with Crippen LogP contribution in [-0.4, -0.2) is 22.8 Å². The fourth-order valence-electron chi connectivity index (χ4n) is 3.61. The van der Waals surface area contributed by atoms with Crippen molar-refractivity contribution in [3.05, 3.63) is 103 Å². The van der Waals surface area contributed by atoms with Crippen molar-refractivity contribution >= 4 is 21.2 Å². The van der Waals surface area contributed by atoms with E-state index in [0.29, 0.717) is 17.1 Å². The average Bonchev–Trinajstić information content (AvgIpc) is 3.20. The smallest absolute Gasteiger partial charge is 0.261 e. The highest BCUT2D eigenvalue weighted by Crippen LogP contribution is 2.33. The lowest BCUT2D eigenvalue weighted by atomic mass is 10.2. The molecule has 0 saturated heterocycles. The van der Waals surface area contributed by atoms with E-state index in [1.807, 2.05) is 66.1 Å². The lowest BCUT2D eigenvalue weighted by Gasteiger charge is -2.12. The number of sulfonamides is 1. The lowest BCUT2D eigenvalue weighted by Crippen LogP contribution is -2.13. The van der Waals surface area contributed by atoms with Crippen molar-refractivity contribution in [3.63, 3.8) is 0 Å². The highest BCUT2D eigenvalue weighted by Gasteiger charge is 2.20. The van der Waals surface area contributed by atoms with Crippen molar-refractivity contribution in [2.24, 2.45) is 0 Å². The van der Waals surface area contributed by atoms with Crippen LogP contribution in [0.5, 0.6) is 0 Å². The summed E-state index contributed by atoms with van der Waals surface area (Å²) in [6.07, 6.45) is 3.64. The van der Waals surface area contributed by atoms with E-state index >= 15 is 0 Å². The molecule has 0 saturated carbocycles. The summed E-state index contributed by atoms with van der Waals surface area (Å²) < 4.78 is 30.8. The molecule has 5 aromatic rings. The number of para-hydroxylation sites is 1. The molecular formula is C25H20N4O2S. The van der Waals surface area contributed by atoms with E-state index in [9.17, 15) is 8.42 Å². The highest BCUT2D eigenvalue weighted by molar-refractivity contribution is 7.92. The Hall–Kier alpha value is -3.97. The number of anilines is 1. The Balaban J connectivity index is 1.64. The predicted molar refractivity (Wildman–Crippen MR) is 126 cm³/mol. The third-order valence-electron chi connectivity index (χ3n) is 5.20. The first-order valence-corrected chi connectivity index (χ1v) is 11.6. The van der Waals surface area contributed by atoms with Crippen LogP contribution >= 0.6 is 0 Å². The summed E-state index contributed by atoms with van der Waals surface area (Å²) in [7, 11) is -3.76. The summed E-state index contributed by atoms with van der Waals surface area (Å²) in [5, 5.41) is 0. The molecule has 0 unspecified atom stereocenters. The van der Waals surface area contributed by atoms with Gasteiger partial charge < -0.3 is 0 Å². The topological polar surface area (TPSA) is 76.4 Å². The predicted octanol–water partition coefficient (Wildman–Crippen LogP) is 5.17. The van der Waals surface area contributed by atoms with Gasteiger partial charge in [-0.3, -0.25) is 14.1 Å². The summed E-state index contributed by atoms with van der Waals surface area (Å²) in [6, 6.07) is 25.5. The zero-order chi connectivity index (χ0) is 22.1. The second-order valence-corrected chi connectivity index (χ2v) is 9.10. The summed E-state index contributed by atoms with van der Waals surface area (Å²) >= 11 is 0. The van der Waals surface area contributed by atoms with Gasteiger partial charge in [0, 0.05) is 18.0 Å². The molecular weight excluding hydrogens is 420 g/mol. The molecule has 158 valence electrons. The number of pyridine rings is 2. The van der Waals surface area contributed by atoms with Crippen LogP contribution in [0, 0.1) is 6.92 Å². The monoisotopic (exact) mass is 440 g/mol. The normalized spacial score (nSPS) is 11.5. The Labute approximate surface area is 186 Å². The number of hydrogen-bond donors (Lipinski definition) is 1. The van der Waals surface area contributed by atoms with Gasteiger partial charge in [-0.15, -0.1) is 0 Å². The summed E-state index contributed by atoms with van der Waals surface area (Å²) in [4.78, 5) is 9.53. The molecule has 0 atom stereocenters. The number of imidazole rings is 1. The first kappa shape index (κ1) is 20.0. The van der Waals surface area contributed by atoms with E-state index in [4.69, 9.17) is 4.98 Å². The Kier molecular flexibility index (Phi) is 4.95. The van der Waals surface area contributed by atoms with Gasteiger partial charge in [-0.1, -0.05) is 42.0 Å². The molecule has 0 spiro atoms. The average molecular weight is 441 g/mol. The first-order chi connectivity index (χ1) is 15.5. The van der Waals surface area contributed by atoms with Gasteiger partial charge >= 0.3 is 0 Å². The molecule has 0 amide bonds. The number of rotatable bonds is 5. The molecule has 6 nitrogen and oxygen atoms in total. The van der Waals surface area contributed by atoms with Crippen LogP contribution in [-0.2, 0) is 10.0 Å². The maximum absolute atomic E-state index is 13.0. The van der Waals surface area contributed by atoms with Crippen molar-refractivity contribution in [2.45, 2.75) is 11.8 Å². The van der Waals surface area contributed by atoms with Crippen molar-refractivity contribution in [2.75, 3.05) is 4.72 Å². The zero-order valence-corrected chi connectivity index (χ0v) is 18.1. The van der Waals surface area contributed by atoms with Crippen molar-refractivity contribution in [3.8, 4) is 22.8 Å². The summed E-state index contributed by atoms with van der Waals surface area (Å²) in [6.45, 7) is 1.92. The lowest BCUT2D eigenvalue weighted by molar-refractivity contribution is 0.601. The maximum atomic E-state index is 13.0. The third kappa shape index (κ3) is 3.63. The number of aromatic nitrogens is 3. The van der Waals surface area contributed by atoms with Crippen LogP contribution in [0.25, 0.3) is 28.3 Å². The second-order valence-electron chi connectivity index (χ2n) is 7.42. The van der Waals surface area contributed by atoms with Gasteiger partial charge in [0.25, 0.3) is 10.0 Å². The van der Waals surface area contributed by atoms with E-state index in [1.165, 1.54) is 0 Å². The fourth-order valence-corrected chi connectivity index (χ4v) is 4.69. The first-order valence-electron chi connectivity index (χ1n) is 10.1. The summed E-state index contributed by atoms with van der Waals surface area (Å²) in [5.74, 6) is 0.628. The van der Waals surface area contributed by atoms with Gasteiger partial charge in [0.2, 0.25) is 0 Å². The van der Waals surface area contributed by atoms with E-state index in [-0.39, 0.29) is 4.90 Å². The number of benzene rings is 2. The van der Waals surface area contributed by atoms with Gasteiger partial charge in [0.05, 0.1) is 21.8 Å². The minimum atomic E-state index is -3.76. The number of aryl methyl sites for hydroxylation is 1. The van der Waals surface area contributed by atoms with E-state index in [2.05, 4.69) is 9.71 Å². The molecule has 0 fully saturated rings. The van der Waals surface area contributed by atoms with Crippen LogP contribution in [0.4, 0.5) is 5.69 Å². The third-order valence-corrected chi connectivity index (χ3v) is 6.58. The largest absolute Gasteiger partial charge is 0.299 e. The molecule has 0 aliphatic heterocycles. The van der Waals surface area contributed by atoms with Crippen LogP contribution < -0.4 is 4.72 Å². The second kappa shape index (κ2) is 7.94. The SMILES string of the molecule is Cc1ccc(S(=O)(=O)Nc2ccccc2-c2nc(-c3ccccn3)c3ccccn23)cc1. The maximum Gasteiger partial charge on any atom is 0.261 e. The van der Waals surface area contributed by atoms with Gasteiger partial charge in [-0.25, -0.2) is 13.4 Å². The Morgan fingerprint density at radius 3 is 2.38 bits per heavy atom. The molecule has 0 radical (unpaired) electrons. The minimum absolute atomic E-state index is 0.208. The number of hydrogen-bond acceptors (Lipinski definition) is 4. The van der Waals surface area contributed by atoms with Gasteiger partial charge in [0.15, 0.2) is 0 Å². The van der Waals surface area contributed by atoms with Crippen LogP contribution in [0.2, 0.25) is 0 Å². The van der Waals surface area contributed by atoms with E-state index < -0.39 is 10.0 Å². The number of nitrogens with zero attached hydrogens (tertiary/aromatic N) is 3. The molecule has 1 N–H and O–H groups in total.